The molecule has 5 aromatic heterocycles. The number of aliphatic hydroxyl groups is 5. The first-order valence-corrected chi connectivity index (χ1v) is 40.5. The van der Waals surface area contributed by atoms with E-state index in [0.717, 1.165) is 122 Å². The van der Waals surface area contributed by atoms with Gasteiger partial charge in [-0.3, -0.25) is 13.7 Å². The smallest absolute Gasteiger partial charge is 0.373 e. The highest BCUT2D eigenvalue weighted by Gasteiger charge is 2.61. The molecule has 65 heteroatoms. The molecule has 0 radical (unpaired) electrons. The Bertz CT molecular complexity index is 3500. The Labute approximate surface area is 552 Å². The molecule has 6 atom stereocenters. The van der Waals surface area contributed by atoms with Crippen LogP contribution in [0.5, 0.6) is 0 Å². The lowest BCUT2D eigenvalue weighted by molar-refractivity contribution is -0.685. The van der Waals surface area contributed by atoms with E-state index >= 15 is 0 Å². The van der Waals surface area contributed by atoms with E-state index in [4.69, 9.17) is 79.4 Å². The number of carboxylic acids is 5. The third-order valence-electron chi connectivity index (χ3n) is 11.8. The minimum atomic E-state index is -6.17. The van der Waals surface area contributed by atoms with Gasteiger partial charge in [-0.1, -0.05) is 0 Å². The second kappa shape index (κ2) is 33.6. The molecule has 0 aliphatic rings. The maximum Gasteiger partial charge on any atom is 0.373 e. The van der Waals surface area contributed by atoms with Gasteiger partial charge >= 0.3 is 57.7 Å². The highest BCUT2D eigenvalue weighted by atomic mass is 31.3. The van der Waals surface area contributed by atoms with Crippen LogP contribution in [-0.4, -0.2) is 183 Å². The predicted octanol–water partition coefficient (Wildman–Crippen LogP) is -16.4. The van der Waals surface area contributed by atoms with E-state index in [1.807, 2.05) is 0 Å². The van der Waals surface area contributed by atoms with Gasteiger partial charge in [0.25, 0.3) is 5.08 Å². The van der Waals surface area contributed by atoms with Gasteiger partial charge in [0.05, 0.1) is 0 Å². The maximum absolute atomic E-state index is 11.1. The Kier molecular flexibility index (Phi) is 31.2. The van der Waals surface area contributed by atoms with Crippen molar-refractivity contribution in [3.8, 4) is 0 Å². The molecule has 0 aliphatic carbocycles. The molecule has 21 N–H and O–H groups in total. The van der Waals surface area contributed by atoms with Gasteiger partial charge in [0.2, 0.25) is 41.8 Å². The topological polar surface area (TPSA) is 932 Å². The van der Waals surface area contributed by atoms with Crippen LogP contribution >= 0.6 is 76.0 Å². The molecule has 5 heterocycles. The van der Waals surface area contributed by atoms with Gasteiger partial charge in [-0.2, -0.15) is 0 Å². The van der Waals surface area contributed by atoms with Crippen LogP contribution < -0.4 is 66.9 Å². The fourth-order valence-corrected chi connectivity index (χ4v) is 16.7. The summed E-state index contributed by atoms with van der Waals surface area (Å²) in [6, 6.07) is 0. The molecule has 6 unspecified atom stereocenters. The van der Waals surface area contributed by atoms with E-state index in [0.29, 0.717) is 4.57 Å². The zero-order valence-corrected chi connectivity index (χ0v) is 57.8. The molecular weight excluding hydrogens is 1590 g/mol. The lowest BCUT2D eigenvalue weighted by atomic mass is 10.6. The Morgan fingerprint density at radius 1 is 0.280 bits per heavy atom. The summed E-state index contributed by atoms with van der Waals surface area (Å²) < 4.78 is 119. The molecule has 55 nitrogen and oxygen atoms in total. The second-order valence-corrected chi connectivity index (χ2v) is 39.5. The average Bonchev–Trinajstić information content (AvgIpc) is 1.19. The molecule has 0 bridgehead atoms. The van der Waals surface area contributed by atoms with Crippen molar-refractivity contribution in [2.24, 2.45) is 0 Å². The summed E-state index contributed by atoms with van der Waals surface area (Å²) in [5.74, 6) is -6.05. The van der Waals surface area contributed by atoms with Crippen LogP contribution in [-0.2, 0) is 135 Å². The molecule has 0 saturated carbocycles. The van der Waals surface area contributed by atoms with Crippen LogP contribution in [0.15, 0.2) is 93.6 Å². The van der Waals surface area contributed by atoms with Crippen LogP contribution in [0.4, 0.5) is 0 Å². The minimum Gasteiger partial charge on any atom is -0.808 e. The highest BCUT2D eigenvalue weighted by Crippen LogP contribution is 2.69. The molecule has 100 heavy (non-hydrogen) atoms. The number of hydrogen-bond donors (Lipinski definition) is 21. The van der Waals surface area contributed by atoms with Crippen molar-refractivity contribution in [1.82, 2.24) is 22.8 Å². The van der Waals surface area contributed by atoms with Crippen molar-refractivity contribution in [2.75, 3.05) is 0 Å². The van der Waals surface area contributed by atoms with Crippen molar-refractivity contribution >= 4 is 106 Å². The number of imidazole rings is 5. The van der Waals surface area contributed by atoms with E-state index in [2.05, 4.69) is 0 Å². The number of nitrogens with zero attached hydrogens (tertiary/aromatic N) is 10. The predicted molar refractivity (Wildman–Crippen MR) is 287 cm³/mol. The fourth-order valence-electron chi connectivity index (χ4n) is 6.83. The van der Waals surface area contributed by atoms with Gasteiger partial charge in [0.15, 0.2) is 75.8 Å². The summed E-state index contributed by atoms with van der Waals surface area (Å²) in [6.45, 7) is -8.52. The van der Waals surface area contributed by atoms with Gasteiger partial charge in [-0.05, 0) is 15.2 Å². The standard InChI is InChI=1S/5C7H12N2O9P2/c5*10-6(11)3-8-1-2-9(5-8)4-7(12,19(13,14)15)20(16,17)18/h5*1-2,5,12H,3-4H2,(H4-,10,11,13,14,15,16,17,18)/p-4. The number of carbonyl (C=O) groups is 5. The molecule has 5 rings (SSSR count). The molecule has 0 saturated heterocycles. The van der Waals surface area contributed by atoms with Crippen molar-refractivity contribution in [2.45, 2.75) is 90.9 Å². The zero-order chi connectivity index (χ0) is 78.8. The van der Waals surface area contributed by atoms with E-state index in [1.165, 1.54) is 12.4 Å². The summed E-state index contributed by atoms with van der Waals surface area (Å²) in [7, 11) is -58.3. The lowest BCUT2D eigenvalue weighted by Gasteiger charge is -2.54. The van der Waals surface area contributed by atoms with Crippen molar-refractivity contribution in [3.05, 3.63) is 93.6 Å². The first kappa shape index (κ1) is 92.7. The first-order chi connectivity index (χ1) is 44.3. The summed E-state index contributed by atoms with van der Waals surface area (Å²) >= 11 is 0. The Morgan fingerprint density at radius 3 is 0.570 bits per heavy atom. The highest BCUT2D eigenvalue weighted by molar-refractivity contribution is 7.73. The quantitative estimate of drug-likeness (QED) is 0.0150. The number of aliphatic carboxylic acids is 5. The largest absolute Gasteiger partial charge is 0.808 e. The summed E-state index contributed by atoms with van der Waals surface area (Å²) in [4.78, 5) is 248. The van der Waals surface area contributed by atoms with Crippen LogP contribution in [0.2, 0.25) is 0 Å². The second-order valence-electron chi connectivity index (χ2n) is 19.9. The Hall–Kier alpha value is -5.30. The third kappa shape index (κ3) is 25.5. The summed E-state index contributed by atoms with van der Waals surface area (Å²) in [5.41, 5.74) is 0. The van der Waals surface area contributed by atoms with Crippen LogP contribution in [0.1, 0.15) is 0 Å². The third-order valence-corrected chi connectivity index (χ3v) is 29.9. The van der Waals surface area contributed by atoms with Gasteiger partial charge < -0.3 is 181 Å². The molecule has 0 fully saturated rings. The fraction of sp³-hybridized carbons (Fsp3) is 0.429. The lowest BCUT2D eigenvalue weighted by Crippen LogP contribution is -2.48. The first-order valence-electron chi connectivity index (χ1n) is 24.7. The monoisotopic (exact) mass is 1650 g/mol. The average molecular weight is 1650 g/mol. The van der Waals surface area contributed by atoms with E-state index in [-0.39, 0.29) is 0 Å². The van der Waals surface area contributed by atoms with Crippen molar-refractivity contribution in [3.63, 3.8) is 0 Å². The molecule has 0 amide bonds. The normalized spacial score (nSPS) is 17.3. The molecule has 0 spiro atoms. The van der Waals surface area contributed by atoms with E-state index in [9.17, 15) is 139 Å². The van der Waals surface area contributed by atoms with Crippen LogP contribution in [0, 0.1) is 0 Å². The van der Waals surface area contributed by atoms with Gasteiger partial charge in [-0.15, -0.1) is 0 Å². The number of carboxylic acid groups (broad SMARTS) is 5. The molecule has 0 aliphatic heterocycles. The summed E-state index contributed by atoms with van der Waals surface area (Å²) in [6.07, 6.45) is 16.0. The minimum absolute atomic E-state index is 0.461. The maximum atomic E-state index is 11.1. The van der Waals surface area contributed by atoms with E-state index < -0.39 is 197 Å². The Morgan fingerprint density at radius 2 is 0.430 bits per heavy atom. The van der Waals surface area contributed by atoms with Gasteiger partial charge in [0.1, 0.15) is 94.7 Å². The number of aromatic nitrogens is 10. The molecule has 0 aromatic carbocycles. The van der Waals surface area contributed by atoms with Crippen molar-refractivity contribution in [1.29, 1.82) is 0 Å². The van der Waals surface area contributed by atoms with Crippen molar-refractivity contribution < 1.29 is 241 Å². The molecule has 5 aromatic rings. The van der Waals surface area contributed by atoms with E-state index in [1.54, 1.807) is 0 Å². The summed E-state index contributed by atoms with van der Waals surface area (Å²) in [5, 5.41) is 71.4. The van der Waals surface area contributed by atoms with Gasteiger partial charge in [0, 0.05) is 0 Å². The van der Waals surface area contributed by atoms with Crippen LogP contribution in [0.25, 0.3) is 0 Å². The van der Waals surface area contributed by atoms with Crippen LogP contribution in [0.3, 0.4) is 0 Å². The SMILES string of the molecule is O=C(O)C[n+]1ccn(CC(O)(P(=O)(O)O)P(=O)(O)O)c1.O=C(O)C[n+]1ccn(CC(O)(P(=O)([O-])O)P(=O)(O)O)c1.O=C(O)C[n+]1ccn(CC(O)(P(=O)([O-])O)P(=O)([O-])O)c1.O=C(O)C[n+]1ccn(CC(O)(P(=O)([O-])O)P(=O)([O-])O)c1.O=C(O)C[n+]1ccn(CC(O)(P(=O)([O-])[O-])P(=O)([O-])[O-])c1. The molecular formula is C35H56N10O45P10-4. The zero-order valence-electron chi connectivity index (χ0n) is 48.9. The number of hydrogen-bond acceptors (Lipinski definition) is 29. The Balaban J connectivity index is 0.000000625. The molecule has 570 valence electrons. The van der Waals surface area contributed by atoms with Gasteiger partial charge in [-0.25, -0.2) is 69.6 Å². The number of rotatable bonds is 30.